The molecule has 1 heterocycles. The Labute approximate surface area is 188 Å². The molecular formula is C23H23F3N4O3. The van der Waals surface area contributed by atoms with E-state index >= 15 is 0 Å². The molecule has 0 bridgehead atoms. The van der Waals surface area contributed by atoms with E-state index in [1.807, 2.05) is 0 Å². The number of nitrogens with two attached hydrogens (primary N) is 1. The average molecular weight is 460 g/mol. The quantitative estimate of drug-likeness (QED) is 0.423. The van der Waals surface area contributed by atoms with Crippen LogP contribution >= 0.6 is 0 Å². The van der Waals surface area contributed by atoms with Crippen LogP contribution in [-0.2, 0) is 6.18 Å². The first-order chi connectivity index (χ1) is 15.5. The summed E-state index contributed by atoms with van der Waals surface area (Å²) in [6.45, 7) is 3.12. The number of hydrogen-bond donors (Lipinski definition) is 3. The Morgan fingerprint density at radius 2 is 1.61 bits per heavy atom. The van der Waals surface area contributed by atoms with E-state index in [0.29, 0.717) is 17.2 Å². The second kappa shape index (κ2) is 9.78. The van der Waals surface area contributed by atoms with Crippen molar-refractivity contribution in [3.63, 3.8) is 0 Å². The molecule has 2 amide bonds. The number of nitrogens with one attached hydrogen (secondary N) is 2. The van der Waals surface area contributed by atoms with Crippen LogP contribution < -0.4 is 25.8 Å². The second-order valence-electron chi connectivity index (χ2n) is 7.84. The van der Waals surface area contributed by atoms with Gasteiger partial charge in [0.25, 0.3) is 0 Å². The highest BCUT2D eigenvalue weighted by Crippen LogP contribution is 2.41. The van der Waals surface area contributed by atoms with Crippen molar-refractivity contribution in [2.24, 2.45) is 5.73 Å². The number of halogens is 3. The van der Waals surface area contributed by atoms with Crippen LogP contribution in [0.3, 0.4) is 0 Å². The number of anilines is 2. The van der Waals surface area contributed by atoms with Gasteiger partial charge in [-0.25, -0.2) is 4.79 Å². The van der Waals surface area contributed by atoms with Gasteiger partial charge < -0.3 is 25.8 Å². The minimum atomic E-state index is -4.76. The van der Waals surface area contributed by atoms with Crippen molar-refractivity contribution in [2.75, 3.05) is 17.2 Å². The monoisotopic (exact) mass is 460 g/mol. The van der Waals surface area contributed by atoms with Gasteiger partial charge in [-0.2, -0.15) is 13.2 Å². The number of rotatable bonds is 7. The lowest BCUT2D eigenvalue weighted by Crippen LogP contribution is -2.39. The highest BCUT2D eigenvalue weighted by molar-refractivity contribution is 6.00. The number of urea groups is 1. The number of pyridine rings is 1. The van der Waals surface area contributed by atoms with Crippen molar-refractivity contribution in [3.8, 4) is 17.2 Å². The predicted octanol–water partition coefficient (Wildman–Crippen LogP) is 5.65. The Morgan fingerprint density at radius 3 is 2.21 bits per heavy atom. The van der Waals surface area contributed by atoms with Gasteiger partial charge in [0, 0.05) is 23.6 Å². The van der Waals surface area contributed by atoms with Gasteiger partial charge >= 0.3 is 12.2 Å². The highest BCUT2D eigenvalue weighted by atomic mass is 19.4. The fourth-order valence-corrected chi connectivity index (χ4v) is 2.75. The molecule has 2 aromatic carbocycles. The van der Waals surface area contributed by atoms with E-state index in [0.717, 1.165) is 6.07 Å². The summed E-state index contributed by atoms with van der Waals surface area (Å²) in [4.78, 5) is 16.3. The largest absolute Gasteiger partial charge is 0.491 e. The van der Waals surface area contributed by atoms with E-state index in [4.69, 9.17) is 15.2 Å². The molecule has 0 spiro atoms. The Bertz CT molecular complexity index is 1080. The standard InChI is InChI=1S/C23H23F3N4O3/c1-22(2,27)14-32-19-5-3-4-18(20(19)23(24,25)26)30-21(31)29-15-6-8-16(9-7-15)33-17-10-12-28-13-11-17/h3-13H,14,27H2,1-2H3,(H2,29,30,31). The van der Waals surface area contributed by atoms with Crippen LogP contribution in [0.4, 0.5) is 29.3 Å². The molecule has 3 rings (SSSR count). The maximum Gasteiger partial charge on any atom is 0.421 e. The molecule has 0 radical (unpaired) electrons. The maximum absolute atomic E-state index is 13.7. The molecule has 0 saturated carbocycles. The molecule has 0 aliphatic heterocycles. The smallest absolute Gasteiger partial charge is 0.421 e. The molecule has 3 aromatic rings. The van der Waals surface area contributed by atoms with Gasteiger partial charge in [0.2, 0.25) is 0 Å². The van der Waals surface area contributed by atoms with Crippen LogP contribution in [-0.4, -0.2) is 23.2 Å². The normalized spacial score (nSPS) is 11.6. The molecule has 10 heteroatoms. The summed E-state index contributed by atoms with van der Waals surface area (Å²) in [5, 5.41) is 4.73. The van der Waals surface area contributed by atoms with E-state index in [2.05, 4.69) is 15.6 Å². The van der Waals surface area contributed by atoms with Crippen molar-refractivity contribution in [1.82, 2.24) is 4.98 Å². The van der Waals surface area contributed by atoms with E-state index in [-0.39, 0.29) is 6.61 Å². The van der Waals surface area contributed by atoms with Gasteiger partial charge in [-0.15, -0.1) is 0 Å². The second-order valence-corrected chi connectivity index (χ2v) is 7.84. The Morgan fingerprint density at radius 1 is 0.970 bits per heavy atom. The number of carbonyl (C=O) groups is 1. The van der Waals surface area contributed by atoms with Gasteiger partial charge in [-0.3, -0.25) is 4.98 Å². The lowest BCUT2D eigenvalue weighted by Gasteiger charge is -2.22. The third-order valence-corrected chi connectivity index (χ3v) is 4.16. The molecule has 4 N–H and O–H groups in total. The zero-order chi connectivity index (χ0) is 24.1. The highest BCUT2D eigenvalue weighted by Gasteiger charge is 2.38. The number of nitrogens with zero attached hydrogens (tertiary/aromatic N) is 1. The number of hydrogen-bond acceptors (Lipinski definition) is 5. The van der Waals surface area contributed by atoms with Gasteiger partial charge in [-0.1, -0.05) is 6.07 Å². The zero-order valence-electron chi connectivity index (χ0n) is 17.9. The number of carbonyl (C=O) groups excluding carboxylic acids is 1. The molecule has 0 unspecified atom stereocenters. The average Bonchev–Trinajstić information content (AvgIpc) is 2.73. The molecule has 0 fully saturated rings. The van der Waals surface area contributed by atoms with Gasteiger partial charge in [0.1, 0.15) is 29.4 Å². The van der Waals surface area contributed by atoms with Gasteiger partial charge in [0.05, 0.1) is 5.69 Å². The van der Waals surface area contributed by atoms with Crippen molar-refractivity contribution in [1.29, 1.82) is 0 Å². The lowest BCUT2D eigenvalue weighted by molar-refractivity contribution is -0.138. The summed E-state index contributed by atoms with van der Waals surface area (Å²) in [6.07, 6.45) is -1.59. The van der Waals surface area contributed by atoms with Crippen molar-refractivity contribution >= 4 is 17.4 Å². The van der Waals surface area contributed by atoms with Crippen LogP contribution in [0.5, 0.6) is 17.2 Å². The minimum absolute atomic E-state index is 0.139. The molecule has 0 aliphatic carbocycles. The number of alkyl halides is 3. The molecular weight excluding hydrogens is 437 g/mol. The van der Waals surface area contributed by atoms with Crippen molar-refractivity contribution in [3.05, 3.63) is 72.6 Å². The third-order valence-electron chi connectivity index (χ3n) is 4.16. The van der Waals surface area contributed by atoms with Crippen molar-refractivity contribution < 1.29 is 27.4 Å². The first kappa shape index (κ1) is 23.9. The van der Waals surface area contributed by atoms with Crippen LogP contribution in [0, 0.1) is 0 Å². The van der Waals surface area contributed by atoms with Crippen LogP contribution in [0.1, 0.15) is 19.4 Å². The summed E-state index contributed by atoms with van der Waals surface area (Å²) in [7, 11) is 0. The van der Waals surface area contributed by atoms with Crippen molar-refractivity contribution in [2.45, 2.75) is 25.6 Å². The van der Waals surface area contributed by atoms with E-state index in [1.165, 1.54) is 12.1 Å². The fraction of sp³-hybridized carbons (Fsp3) is 0.217. The zero-order valence-corrected chi connectivity index (χ0v) is 17.9. The summed E-state index contributed by atoms with van der Waals surface area (Å²) < 4.78 is 52.1. The molecule has 7 nitrogen and oxygen atoms in total. The Balaban J connectivity index is 1.70. The van der Waals surface area contributed by atoms with Crippen LogP contribution in [0.25, 0.3) is 0 Å². The topological polar surface area (TPSA) is 98.5 Å². The number of aromatic nitrogens is 1. The number of benzene rings is 2. The molecule has 0 saturated heterocycles. The molecule has 1 aromatic heterocycles. The Kier molecular flexibility index (Phi) is 7.07. The fourth-order valence-electron chi connectivity index (χ4n) is 2.75. The van der Waals surface area contributed by atoms with Gasteiger partial charge in [-0.05, 0) is 62.4 Å². The minimum Gasteiger partial charge on any atom is -0.491 e. The van der Waals surface area contributed by atoms with E-state index in [9.17, 15) is 18.0 Å². The Hall–Kier alpha value is -3.79. The number of amides is 2. The maximum atomic E-state index is 13.7. The summed E-state index contributed by atoms with van der Waals surface area (Å²) in [6, 6.07) is 12.5. The first-order valence-electron chi connectivity index (χ1n) is 9.89. The SMILES string of the molecule is CC(C)(N)COc1cccc(NC(=O)Nc2ccc(Oc3ccncc3)cc2)c1C(F)(F)F. The molecule has 0 atom stereocenters. The third kappa shape index (κ3) is 7.11. The molecule has 33 heavy (non-hydrogen) atoms. The van der Waals surface area contributed by atoms with Crippen LogP contribution in [0.15, 0.2) is 67.0 Å². The summed E-state index contributed by atoms with van der Waals surface area (Å²) in [5.41, 5.74) is 3.80. The number of ether oxygens (including phenoxy) is 2. The first-order valence-corrected chi connectivity index (χ1v) is 9.89. The van der Waals surface area contributed by atoms with E-state index in [1.54, 1.807) is 62.6 Å². The molecule has 0 aliphatic rings. The van der Waals surface area contributed by atoms with Crippen LogP contribution in [0.2, 0.25) is 0 Å². The predicted molar refractivity (Wildman–Crippen MR) is 119 cm³/mol. The summed E-state index contributed by atoms with van der Waals surface area (Å²) in [5.74, 6) is 0.680. The van der Waals surface area contributed by atoms with Gasteiger partial charge in [0.15, 0.2) is 0 Å². The summed E-state index contributed by atoms with van der Waals surface area (Å²) >= 11 is 0. The lowest BCUT2D eigenvalue weighted by atomic mass is 10.1. The molecule has 174 valence electrons. The van der Waals surface area contributed by atoms with E-state index < -0.39 is 34.7 Å².